The van der Waals surface area contributed by atoms with Gasteiger partial charge in [0.1, 0.15) is 0 Å². The van der Waals surface area contributed by atoms with Gasteiger partial charge in [0.25, 0.3) is 0 Å². The molecule has 0 unspecified atom stereocenters. The number of Topliss-reactive ketones (excluding diaryl/α,β-unsaturated/α-hetero) is 1. The third kappa shape index (κ3) is 3.88. The third-order valence-corrected chi connectivity index (χ3v) is 3.47. The number of fused-ring (bicyclic) bond motifs is 1. The van der Waals surface area contributed by atoms with Crippen molar-refractivity contribution >= 4 is 5.78 Å². The SMILES string of the molecule is CC(=O)c1ccc2c(c1)CN(CCCOC(C)C)C2. The molecule has 0 aromatic heterocycles. The van der Waals surface area contributed by atoms with Gasteiger partial charge in [-0.3, -0.25) is 9.69 Å². The zero-order valence-electron chi connectivity index (χ0n) is 12.1. The van der Waals surface area contributed by atoms with E-state index in [4.69, 9.17) is 4.74 Å². The van der Waals surface area contributed by atoms with Crippen molar-refractivity contribution in [2.45, 2.75) is 46.4 Å². The quantitative estimate of drug-likeness (QED) is 0.582. The molecule has 0 fully saturated rings. The van der Waals surface area contributed by atoms with E-state index in [2.05, 4.69) is 24.8 Å². The number of hydrogen-bond donors (Lipinski definition) is 0. The molecular formula is C16H23NO2. The standard InChI is InChI=1S/C16H23NO2/c1-12(2)19-8-4-7-17-10-15-6-5-14(13(3)18)9-16(15)11-17/h5-6,9,12H,4,7-8,10-11H2,1-3H3. The van der Waals surface area contributed by atoms with E-state index in [1.807, 2.05) is 12.1 Å². The van der Waals surface area contributed by atoms with Crippen LogP contribution in [-0.4, -0.2) is 29.9 Å². The molecular weight excluding hydrogens is 238 g/mol. The van der Waals surface area contributed by atoms with Gasteiger partial charge in [0.2, 0.25) is 0 Å². The van der Waals surface area contributed by atoms with Gasteiger partial charge in [0.15, 0.2) is 5.78 Å². The summed E-state index contributed by atoms with van der Waals surface area (Å²) in [5, 5.41) is 0. The molecule has 0 radical (unpaired) electrons. The lowest BCUT2D eigenvalue weighted by atomic mass is 10.0. The first-order valence-electron chi connectivity index (χ1n) is 7.03. The summed E-state index contributed by atoms with van der Waals surface area (Å²) in [5.74, 6) is 0.145. The van der Waals surface area contributed by atoms with Crippen LogP contribution < -0.4 is 0 Å². The normalized spacial score (nSPS) is 14.9. The molecule has 104 valence electrons. The zero-order valence-corrected chi connectivity index (χ0v) is 12.1. The number of ketones is 1. The van der Waals surface area contributed by atoms with Gasteiger partial charge >= 0.3 is 0 Å². The van der Waals surface area contributed by atoms with Crippen molar-refractivity contribution in [3.05, 3.63) is 34.9 Å². The summed E-state index contributed by atoms with van der Waals surface area (Å²) in [6.07, 6.45) is 1.38. The summed E-state index contributed by atoms with van der Waals surface area (Å²) in [7, 11) is 0. The number of nitrogens with zero attached hydrogens (tertiary/aromatic N) is 1. The summed E-state index contributed by atoms with van der Waals surface area (Å²) in [4.78, 5) is 13.8. The Hall–Kier alpha value is -1.19. The minimum absolute atomic E-state index is 0.145. The molecule has 0 spiro atoms. The molecule has 0 aliphatic carbocycles. The van der Waals surface area contributed by atoms with Crippen LogP contribution in [0.5, 0.6) is 0 Å². The summed E-state index contributed by atoms with van der Waals surface area (Å²) in [6, 6.07) is 6.07. The molecule has 1 aromatic carbocycles. The molecule has 0 saturated carbocycles. The Balaban J connectivity index is 1.84. The van der Waals surface area contributed by atoms with Crippen molar-refractivity contribution in [2.75, 3.05) is 13.2 Å². The molecule has 0 saturated heterocycles. The lowest BCUT2D eigenvalue weighted by Crippen LogP contribution is -2.19. The van der Waals surface area contributed by atoms with Crippen LogP contribution in [0.2, 0.25) is 0 Å². The van der Waals surface area contributed by atoms with Crippen molar-refractivity contribution in [3.8, 4) is 0 Å². The predicted octanol–water partition coefficient (Wildman–Crippen LogP) is 3.02. The second-order valence-corrected chi connectivity index (χ2v) is 5.52. The Labute approximate surface area is 115 Å². The highest BCUT2D eigenvalue weighted by Crippen LogP contribution is 2.24. The average molecular weight is 261 g/mol. The molecule has 0 N–H and O–H groups in total. The van der Waals surface area contributed by atoms with E-state index in [-0.39, 0.29) is 5.78 Å². The lowest BCUT2D eigenvalue weighted by molar-refractivity contribution is 0.0703. The fraction of sp³-hybridized carbons (Fsp3) is 0.562. The first-order valence-corrected chi connectivity index (χ1v) is 7.03. The third-order valence-electron chi connectivity index (χ3n) is 3.47. The average Bonchev–Trinajstić information content (AvgIpc) is 2.75. The lowest BCUT2D eigenvalue weighted by Gasteiger charge is -2.15. The fourth-order valence-electron chi connectivity index (χ4n) is 2.45. The molecule has 1 aliphatic rings. The molecule has 1 aromatic rings. The van der Waals surface area contributed by atoms with Gasteiger partial charge in [-0.2, -0.15) is 0 Å². The topological polar surface area (TPSA) is 29.5 Å². The first-order chi connectivity index (χ1) is 9.06. The Morgan fingerprint density at radius 2 is 2.05 bits per heavy atom. The molecule has 0 atom stereocenters. The van der Waals surface area contributed by atoms with Crippen molar-refractivity contribution < 1.29 is 9.53 Å². The minimum Gasteiger partial charge on any atom is -0.379 e. The van der Waals surface area contributed by atoms with Gasteiger partial charge in [-0.1, -0.05) is 12.1 Å². The Morgan fingerprint density at radius 3 is 2.74 bits per heavy atom. The molecule has 3 nitrogen and oxygen atoms in total. The number of rotatable bonds is 6. The largest absolute Gasteiger partial charge is 0.379 e. The second kappa shape index (κ2) is 6.31. The van der Waals surface area contributed by atoms with Crippen LogP contribution >= 0.6 is 0 Å². The maximum Gasteiger partial charge on any atom is 0.159 e. The second-order valence-electron chi connectivity index (χ2n) is 5.52. The van der Waals surface area contributed by atoms with E-state index < -0.39 is 0 Å². The van der Waals surface area contributed by atoms with Gasteiger partial charge in [0, 0.05) is 31.8 Å². The summed E-state index contributed by atoms with van der Waals surface area (Å²) >= 11 is 0. The van der Waals surface area contributed by atoms with Gasteiger partial charge in [-0.15, -0.1) is 0 Å². The van der Waals surface area contributed by atoms with Crippen LogP contribution in [0.1, 0.15) is 48.7 Å². The van der Waals surface area contributed by atoms with Gasteiger partial charge in [-0.25, -0.2) is 0 Å². The Kier molecular flexibility index (Phi) is 4.72. The van der Waals surface area contributed by atoms with Crippen LogP contribution in [-0.2, 0) is 17.8 Å². The summed E-state index contributed by atoms with van der Waals surface area (Å²) in [5.41, 5.74) is 3.48. The van der Waals surface area contributed by atoms with Gasteiger partial charge < -0.3 is 4.74 Å². The van der Waals surface area contributed by atoms with Crippen molar-refractivity contribution in [3.63, 3.8) is 0 Å². The summed E-state index contributed by atoms with van der Waals surface area (Å²) < 4.78 is 5.56. The Bertz CT molecular complexity index is 454. The Morgan fingerprint density at radius 1 is 1.32 bits per heavy atom. The maximum atomic E-state index is 11.4. The number of hydrogen-bond acceptors (Lipinski definition) is 3. The van der Waals surface area contributed by atoms with Crippen molar-refractivity contribution in [1.82, 2.24) is 4.90 Å². The van der Waals surface area contributed by atoms with Crippen molar-refractivity contribution in [2.24, 2.45) is 0 Å². The van der Waals surface area contributed by atoms with Crippen LogP contribution in [0.25, 0.3) is 0 Å². The molecule has 1 aliphatic heterocycles. The maximum absolute atomic E-state index is 11.4. The fourth-order valence-corrected chi connectivity index (χ4v) is 2.45. The first kappa shape index (κ1) is 14.2. The van der Waals surface area contributed by atoms with Crippen LogP contribution in [0.4, 0.5) is 0 Å². The monoisotopic (exact) mass is 261 g/mol. The van der Waals surface area contributed by atoms with E-state index >= 15 is 0 Å². The molecule has 0 amide bonds. The van der Waals surface area contributed by atoms with E-state index in [1.165, 1.54) is 11.1 Å². The van der Waals surface area contributed by atoms with Crippen LogP contribution in [0, 0.1) is 0 Å². The molecule has 19 heavy (non-hydrogen) atoms. The number of ether oxygens (including phenoxy) is 1. The van der Waals surface area contributed by atoms with Gasteiger partial charge in [0.05, 0.1) is 6.10 Å². The highest BCUT2D eigenvalue weighted by atomic mass is 16.5. The number of carbonyl (C=O) groups is 1. The minimum atomic E-state index is 0.145. The summed E-state index contributed by atoms with van der Waals surface area (Å²) in [6.45, 7) is 9.58. The van der Waals surface area contributed by atoms with E-state index in [9.17, 15) is 4.79 Å². The molecule has 1 heterocycles. The predicted molar refractivity (Wildman–Crippen MR) is 76.3 cm³/mol. The molecule has 2 rings (SSSR count). The number of carbonyl (C=O) groups excluding carboxylic acids is 1. The zero-order chi connectivity index (χ0) is 13.8. The van der Waals surface area contributed by atoms with Crippen molar-refractivity contribution in [1.29, 1.82) is 0 Å². The van der Waals surface area contributed by atoms with Crippen LogP contribution in [0.3, 0.4) is 0 Å². The molecule has 0 bridgehead atoms. The van der Waals surface area contributed by atoms with E-state index in [1.54, 1.807) is 6.92 Å². The van der Waals surface area contributed by atoms with E-state index in [0.29, 0.717) is 6.10 Å². The van der Waals surface area contributed by atoms with E-state index in [0.717, 1.165) is 38.2 Å². The smallest absolute Gasteiger partial charge is 0.159 e. The number of benzene rings is 1. The van der Waals surface area contributed by atoms with Gasteiger partial charge in [-0.05, 0) is 44.4 Å². The van der Waals surface area contributed by atoms with Crippen LogP contribution in [0.15, 0.2) is 18.2 Å². The highest BCUT2D eigenvalue weighted by Gasteiger charge is 2.19. The molecule has 3 heteroatoms. The highest BCUT2D eigenvalue weighted by molar-refractivity contribution is 5.94.